The average molecular weight is 377 g/mol. The van der Waals surface area contributed by atoms with Gasteiger partial charge in [-0.1, -0.05) is 18.2 Å². The van der Waals surface area contributed by atoms with Gasteiger partial charge in [0.05, 0.1) is 19.6 Å². The third-order valence-corrected chi connectivity index (χ3v) is 4.57. The predicted molar refractivity (Wildman–Crippen MR) is 105 cm³/mol. The van der Waals surface area contributed by atoms with Crippen molar-refractivity contribution in [2.45, 2.75) is 32.8 Å². The van der Waals surface area contributed by atoms with Crippen LogP contribution in [-0.4, -0.2) is 62.0 Å². The molecule has 1 fully saturated rings. The number of carbonyl (C=O) groups excluding carboxylic acids is 1. The number of benzene rings is 1. The van der Waals surface area contributed by atoms with Crippen molar-refractivity contribution in [2.75, 3.05) is 40.0 Å². The fourth-order valence-electron chi connectivity index (χ4n) is 3.31. The fourth-order valence-corrected chi connectivity index (χ4v) is 3.31. The lowest BCUT2D eigenvalue weighted by Gasteiger charge is -2.32. The van der Waals surface area contributed by atoms with E-state index in [1.807, 2.05) is 44.2 Å². The summed E-state index contributed by atoms with van der Waals surface area (Å²) in [7, 11) is 1.60. The number of aliphatic hydroxyl groups is 1. The molecule has 1 saturated heterocycles. The summed E-state index contributed by atoms with van der Waals surface area (Å²) < 4.78 is 16.3. The number of esters is 1. The highest BCUT2D eigenvalue weighted by atomic mass is 16.5. The van der Waals surface area contributed by atoms with Crippen LogP contribution in [0.15, 0.2) is 24.3 Å². The fraction of sp³-hybridized carbons (Fsp3) is 0.571. The third-order valence-electron chi connectivity index (χ3n) is 4.57. The molecule has 27 heavy (non-hydrogen) atoms. The van der Waals surface area contributed by atoms with E-state index in [4.69, 9.17) is 14.2 Å². The molecule has 0 spiro atoms. The van der Waals surface area contributed by atoms with Gasteiger partial charge >= 0.3 is 5.97 Å². The Morgan fingerprint density at radius 1 is 1.41 bits per heavy atom. The first-order valence-electron chi connectivity index (χ1n) is 9.58. The molecule has 2 rings (SSSR count). The average Bonchev–Trinajstić information content (AvgIpc) is 2.67. The predicted octanol–water partition coefficient (Wildman–Crippen LogP) is 2.74. The van der Waals surface area contributed by atoms with Gasteiger partial charge < -0.3 is 19.3 Å². The quantitative estimate of drug-likeness (QED) is 0.668. The normalized spacial score (nSPS) is 19.0. The molecule has 0 bridgehead atoms. The maximum absolute atomic E-state index is 11.9. The zero-order valence-electron chi connectivity index (χ0n) is 16.5. The van der Waals surface area contributed by atoms with E-state index in [2.05, 4.69) is 4.90 Å². The van der Waals surface area contributed by atoms with Crippen molar-refractivity contribution in [1.29, 1.82) is 0 Å². The van der Waals surface area contributed by atoms with Crippen LogP contribution in [0.25, 0.3) is 6.08 Å². The molecule has 2 unspecified atom stereocenters. The Balaban J connectivity index is 1.85. The van der Waals surface area contributed by atoms with Gasteiger partial charge in [0, 0.05) is 13.1 Å². The summed E-state index contributed by atoms with van der Waals surface area (Å²) in [4.78, 5) is 14.0. The highest BCUT2D eigenvalue weighted by molar-refractivity contribution is 5.72. The molecule has 0 saturated carbocycles. The number of β-amino-alcohol motifs (C(OH)–C–C–N with tert-alkyl or cyclic N) is 1. The van der Waals surface area contributed by atoms with E-state index in [1.54, 1.807) is 7.11 Å². The van der Waals surface area contributed by atoms with E-state index in [9.17, 15) is 9.90 Å². The zero-order chi connectivity index (χ0) is 19.6. The second-order valence-electron chi connectivity index (χ2n) is 6.73. The highest BCUT2D eigenvalue weighted by Gasteiger charge is 2.27. The van der Waals surface area contributed by atoms with Gasteiger partial charge in [-0.2, -0.15) is 0 Å². The lowest BCUT2D eigenvalue weighted by atomic mass is 9.98. The third kappa shape index (κ3) is 6.56. The maximum atomic E-state index is 11.9. The molecule has 1 aliphatic heterocycles. The van der Waals surface area contributed by atoms with Crippen LogP contribution in [0.2, 0.25) is 0 Å². The van der Waals surface area contributed by atoms with Crippen molar-refractivity contribution in [2.24, 2.45) is 5.92 Å². The number of hydrogen-bond donors (Lipinski definition) is 1. The number of hydrogen-bond acceptors (Lipinski definition) is 6. The highest BCUT2D eigenvalue weighted by Crippen LogP contribution is 2.28. The SMILES string of the molecule is C/C=C/c1ccc(OCC(O)CN2CCCC(C(=O)OCC)C2)c(OC)c1. The summed E-state index contributed by atoms with van der Waals surface area (Å²) >= 11 is 0. The van der Waals surface area contributed by atoms with Crippen molar-refractivity contribution in [3.8, 4) is 11.5 Å². The van der Waals surface area contributed by atoms with Crippen molar-refractivity contribution < 1.29 is 24.1 Å². The smallest absolute Gasteiger partial charge is 0.310 e. The number of ether oxygens (including phenoxy) is 3. The van der Waals surface area contributed by atoms with E-state index >= 15 is 0 Å². The summed E-state index contributed by atoms with van der Waals surface area (Å²) in [5.74, 6) is 0.996. The second-order valence-corrected chi connectivity index (χ2v) is 6.73. The Bertz CT molecular complexity index is 631. The molecule has 150 valence electrons. The lowest BCUT2D eigenvalue weighted by Crippen LogP contribution is -2.44. The van der Waals surface area contributed by atoms with Gasteiger partial charge in [0.25, 0.3) is 0 Å². The first-order chi connectivity index (χ1) is 13.1. The molecule has 0 aromatic heterocycles. The van der Waals surface area contributed by atoms with Gasteiger partial charge in [0.1, 0.15) is 12.7 Å². The van der Waals surface area contributed by atoms with Crippen LogP contribution < -0.4 is 9.47 Å². The first kappa shape index (κ1) is 21.3. The number of nitrogens with zero attached hydrogens (tertiary/aromatic N) is 1. The molecule has 6 heteroatoms. The van der Waals surface area contributed by atoms with Crippen molar-refractivity contribution in [3.63, 3.8) is 0 Å². The van der Waals surface area contributed by atoms with E-state index in [0.29, 0.717) is 31.2 Å². The van der Waals surface area contributed by atoms with E-state index < -0.39 is 6.10 Å². The zero-order valence-corrected chi connectivity index (χ0v) is 16.5. The lowest BCUT2D eigenvalue weighted by molar-refractivity contribution is -0.150. The largest absolute Gasteiger partial charge is 0.493 e. The molecule has 1 heterocycles. The molecule has 2 atom stereocenters. The second kappa shape index (κ2) is 10.9. The Labute approximate surface area is 161 Å². The number of aliphatic hydroxyl groups excluding tert-OH is 1. The van der Waals surface area contributed by atoms with Crippen LogP contribution in [0.3, 0.4) is 0 Å². The molecule has 0 aliphatic carbocycles. The molecular weight excluding hydrogens is 346 g/mol. The summed E-state index contributed by atoms with van der Waals surface area (Å²) in [5.41, 5.74) is 1.03. The summed E-state index contributed by atoms with van der Waals surface area (Å²) in [6.45, 7) is 6.31. The number of allylic oxidation sites excluding steroid dienone is 1. The number of methoxy groups -OCH3 is 1. The Morgan fingerprint density at radius 2 is 2.22 bits per heavy atom. The minimum absolute atomic E-state index is 0.105. The van der Waals surface area contributed by atoms with Crippen molar-refractivity contribution in [1.82, 2.24) is 4.90 Å². The standard InChI is InChI=1S/C21H31NO5/c1-4-7-16-9-10-19(20(12-16)25-3)27-15-18(23)14-22-11-6-8-17(13-22)21(24)26-5-2/h4,7,9-10,12,17-18,23H,5-6,8,11,13-15H2,1-3H3/b7-4+. The van der Waals surface area contributed by atoms with E-state index in [0.717, 1.165) is 24.9 Å². The molecule has 1 aliphatic rings. The van der Waals surface area contributed by atoms with E-state index in [-0.39, 0.29) is 18.5 Å². The number of rotatable bonds is 9. The van der Waals surface area contributed by atoms with Crippen LogP contribution in [-0.2, 0) is 9.53 Å². The topological polar surface area (TPSA) is 68.2 Å². The molecule has 1 N–H and O–H groups in total. The Hall–Kier alpha value is -2.05. The van der Waals surface area contributed by atoms with Gasteiger partial charge in [0.15, 0.2) is 11.5 Å². The van der Waals surface area contributed by atoms with Crippen LogP contribution in [0.4, 0.5) is 0 Å². The monoisotopic (exact) mass is 377 g/mol. The molecule has 1 aromatic carbocycles. The molecule has 0 amide bonds. The van der Waals surface area contributed by atoms with Gasteiger partial charge in [-0.3, -0.25) is 9.69 Å². The van der Waals surface area contributed by atoms with Crippen LogP contribution in [0, 0.1) is 5.92 Å². The van der Waals surface area contributed by atoms with Gasteiger partial charge in [0.2, 0.25) is 0 Å². The maximum Gasteiger partial charge on any atom is 0.310 e. The van der Waals surface area contributed by atoms with Gasteiger partial charge in [-0.15, -0.1) is 0 Å². The minimum Gasteiger partial charge on any atom is -0.493 e. The van der Waals surface area contributed by atoms with Crippen LogP contribution in [0.1, 0.15) is 32.3 Å². The van der Waals surface area contributed by atoms with Crippen LogP contribution >= 0.6 is 0 Å². The summed E-state index contributed by atoms with van der Waals surface area (Å²) in [6, 6.07) is 5.69. The van der Waals surface area contributed by atoms with Gasteiger partial charge in [-0.05, 0) is 50.9 Å². The molecule has 1 aromatic rings. The minimum atomic E-state index is -0.647. The van der Waals surface area contributed by atoms with E-state index in [1.165, 1.54) is 0 Å². The Morgan fingerprint density at radius 3 is 2.93 bits per heavy atom. The summed E-state index contributed by atoms with van der Waals surface area (Å²) in [5, 5.41) is 10.4. The summed E-state index contributed by atoms with van der Waals surface area (Å²) in [6.07, 6.45) is 5.07. The van der Waals surface area contributed by atoms with Gasteiger partial charge in [-0.25, -0.2) is 0 Å². The molecular formula is C21H31NO5. The molecule has 6 nitrogen and oxygen atoms in total. The first-order valence-corrected chi connectivity index (χ1v) is 9.58. The van der Waals surface area contributed by atoms with Crippen LogP contribution in [0.5, 0.6) is 11.5 Å². The number of likely N-dealkylation sites (tertiary alicyclic amines) is 1. The van der Waals surface area contributed by atoms with Crippen molar-refractivity contribution in [3.05, 3.63) is 29.8 Å². The Kier molecular flexibility index (Phi) is 8.61. The molecule has 0 radical (unpaired) electrons. The number of carbonyl (C=O) groups is 1. The number of piperidine rings is 1. The van der Waals surface area contributed by atoms with Crippen molar-refractivity contribution >= 4 is 12.0 Å².